The first-order valence-corrected chi connectivity index (χ1v) is 43.4. The van der Waals surface area contributed by atoms with Crippen LogP contribution in [-0.4, -0.2) is 96.7 Å². The van der Waals surface area contributed by atoms with Gasteiger partial charge in [-0.05, 0) is 167 Å². The molecule has 3 N–H and O–H groups in total. The minimum atomic E-state index is -5.00. The number of unbranched alkanes of at least 4 members (excludes halogenated alkanes) is 20. The van der Waals surface area contributed by atoms with Crippen molar-refractivity contribution in [1.29, 1.82) is 0 Å². The Morgan fingerprint density at radius 2 is 0.500 bits per heavy atom. The Labute approximate surface area is 642 Å². The number of phosphoric ester groups is 2. The zero-order valence-electron chi connectivity index (χ0n) is 65.8. The molecule has 5 unspecified atom stereocenters. The lowest BCUT2D eigenvalue weighted by Crippen LogP contribution is -2.30. The number of rotatable bonds is 74. The highest BCUT2D eigenvalue weighted by molar-refractivity contribution is 7.47. The van der Waals surface area contributed by atoms with E-state index in [9.17, 15) is 43.2 Å². The van der Waals surface area contributed by atoms with Gasteiger partial charge in [0, 0.05) is 25.7 Å². The van der Waals surface area contributed by atoms with Crippen LogP contribution in [-0.2, 0) is 65.4 Å². The summed E-state index contributed by atoms with van der Waals surface area (Å²) in [6.07, 6.45) is 92.0. The normalized spacial score (nSPS) is 14.7. The smallest absolute Gasteiger partial charge is 0.462 e. The maximum atomic E-state index is 13.1. The van der Waals surface area contributed by atoms with Crippen molar-refractivity contribution in [3.05, 3.63) is 170 Å². The lowest BCUT2D eigenvalue weighted by molar-refractivity contribution is -0.161. The summed E-state index contributed by atoms with van der Waals surface area (Å²) < 4.78 is 68.5. The summed E-state index contributed by atoms with van der Waals surface area (Å²) >= 11 is 0. The number of carbonyl (C=O) groups is 4. The van der Waals surface area contributed by atoms with Crippen LogP contribution in [0, 0.1) is 0 Å². The standard InChI is InChI=1S/C87H142O17P2/c1-5-9-13-17-21-25-29-33-37-39-40-42-46-48-52-56-60-64-68-72-85(90)98-78-83(104-87(92)74-70-66-62-58-54-50-44-36-32-28-24-20-16-12-8-4)80-102-106(95,96)100-76-81(88)75-99-105(93,94)101-79-82(103-86(91)73-69-65-61-57-53-49-43-35-31-27-23-19-15-11-7-3)77-97-84(89)71-67-63-59-55-51-47-45-41-38-34-30-26-22-18-14-10-6-2/h9-10,12-14,16,21-22,24-26,28,33-38,40,42-45,47,54-55,58-59,81-83,88H,5-8,11,15,17-20,23,27,29-32,39,41,46,48-53,56-57,60-80H2,1-4H3,(H,93,94)(H,95,96)/b13-9-,14-10-,16-12-,25-21-,26-22-,28-24-,37-33-,38-34-,42-40-,43-35-,44-36-,47-45-,58-54-,59-55-. The molecule has 0 aromatic rings. The third kappa shape index (κ3) is 76.6. The molecule has 0 aromatic heterocycles. The lowest BCUT2D eigenvalue weighted by atomic mass is 10.1. The molecule has 0 saturated carbocycles. The molecular formula is C87H142O17P2. The molecule has 0 aliphatic carbocycles. The average Bonchev–Trinajstić information content (AvgIpc) is 0.928. The number of aliphatic hydroxyl groups excluding tert-OH is 1. The summed E-state index contributed by atoms with van der Waals surface area (Å²) in [6, 6.07) is 0. The van der Waals surface area contributed by atoms with Gasteiger partial charge in [-0.15, -0.1) is 0 Å². The Morgan fingerprint density at radius 1 is 0.274 bits per heavy atom. The first-order valence-electron chi connectivity index (χ1n) is 40.4. The SMILES string of the molecule is CC/C=C\C/C=C\C/C=C\C/C=C\C/C=C\CCCC(=O)OCC(COP(=O)(O)OCC(O)COP(=O)(O)OCC(COC(=O)CCCCCCCC/C=C\C/C=C\C/C=C\C/C=C\CC)OC(=O)CCCC/C=C\C/C=C\C/C=C\C/C=C\CC)OC(=O)CCCCCCC/C=C\CCCCCCCC. The summed E-state index contributed by atoms with van der Waals surface area (Å²) in [5.74, 6) is -2.33. The molecule has 0 amide bonds. The van der Waals surface area contributed by atoms with Crippen LogP contribution in [0.1, 0.15) is 297 Å². The maximum absolute atomic E-state index is 13.1. The molecule has 0 heterocycles. The van der Waals surface area contributed by atoms with E-state index in [1.54, 1.807) is 0 Å². The van der Waals surface area contributed by atoms with Crippen LogP contribution >= 0.6 is 15.6 Å². The summed E-state index contributed by atoms with van der Waals surface area (Å²) in [6.45, 7) is 4.38. The summed E-state index contributed by atoms with van der Waals surface area (Å²) in [5.41, 5.74) is 0. The van der Waals surface area contributed by atoms with Gasteiger partial charge in [0.15, 0.2) is 12.2 Å². The van der Waals surface area contributed by atoms with E-state index >= 15 is 0 Å². The van der Waals surface area contributed by atoms with Crippen molar-refractivity contribution >= 4 is 39.5 Å². The van der Waals surface area contributed by atoms with Crippen molar-refractivity contribution in [2.75, 3.05) is 39.6 Å². The molecule has 0 aliphatic heterocycles. The predicted octanol–water partition coefficient (Wildman–Crippen LogP) is 23.8. The number of hydrogen-bond donors (Lipinski definition) is 3. The molecule has 19 heteroatoms. The van der Waals surface area contributed by atoms with E-state index in [4.69, 9.17) is 37.0 Å². The summed E-state index contributed by atoms with van der Waals surface area (Å²) in [4.78, 5) is 73.1. The molecule has 5 atom stereocenters. The molecule has 0 aromatic carbocycles. The van der Waals surface area contributed by atoms with Crippen LogP contribution in [0.25, 0.3) is 0 Å². The van der Waals surface area contributed by atoms with Crippen LogP contribution in [0.3, 0.4) is 0 Å². The highest BCUT2D eigenvalue weighted by Crippen LogP contribution is 2.45. The Morgan fingerprint density at radius 3 is 0.821 bits per heavy atom. The first kappa shape index (κ1) is 100. The molecular weight excluding hydrogens is 1380 g/mol. The topological polar surface area (TPSA) is 237 Å². The zero-order chi connectivity index (χ0) is 77.4. The second-order valence-electron chi connectivity index (χ2n) is 26.2. The van der Waals surface area contributed by atoms with Crippen LogP contribution in [0.5, 0.6) is 0 Å². The Hall–Kier alpha value is -5.58. The van der Waals surface area contributed by atoms with Gasteiger partial charge in [0.2, 0.25) is 0 Å². The van der Waals surface area contributed by atoms with Gasteiger partial charge in [0.25, 0.3) is 0 Å². The molecule has 0 aliphatic rings. The number of aliphatic hydroxyl groups is 1. The molecule has 0 spiro atoms. The Balaban J connectivity index is 5.47. The highest BCUT2D eigenvalue weighted by atomic mass is 31.2. The summed E-state index contributed by atoms with van der Waals surface area (Å²) in [5, 5.41) is 10.6. The van der Waals surface area contributed by atoms with Gasteiger partial charge in [-0.2, -0.15) is 0 Å². The van der Waals surface area contributed by atoms with Gasteiger partial charge < -0.3 is 33.8 Å². The molecule has 0 rings (SSSR count). The van der Waals surface area contributed by atoms with Crippen LogP contribution < -0.4 is 0 Å². The fourth-order valence-electron chi connectivity index (χ4n) is 10.1. The number of phosphoric acid groups is 2. The van der Waals surface area contributed by atoms with Crippen molar-refractivity contribution in [2.24, 2.45) is 0 Å². The third-order valence-electron chi connectivity index (χ3n) is 16.2. The minimum Gasteiger partial charge on any atom is -0.462 e. The zero-order valence-corrected chi connectivity index (χ0v) is 67.6. The number of carbonyl (C=O) groups excluding carboxylic acids is 4. The van der Waals surface area contributed by atoms with E-state index in [0.29, 0.717) is 38.5 Å². The fourth-order valence-corrected chi connectivity index (χ4v) is 11.7. The van der Waals surface area contributed by atoms with Crippen molar-refractivity contribution < 1.29 is 80.2 Å². The van der Waals surface area contributed by atoms with Gasteiger partial charge in [-0.1, -0.05) is 275 Å². The largest absolute Gasteiger partial charge is 0.472 e. The molecule has 602 valence electrons. The van der Waals surface area contributed by atoms with Gasteiger partial charge in [-0.25, -0.2) is 9.13 Å². The quantitative estimate of drug-likeness (QED) is 0.0169. The van der Waals surface area contributed by atoms with E-state index in [1.807, 2.05) is 12.2 Å². The number of esters is 4. The molecule has 0 fully saturated rings. The number of ether oxygens (including phenoxy) is 4. The number of allylic oxidation sites excluding steroid dienone is 28. The predicted molar refractivity (Wildman–Crippen MR) is 436 cm³/mol. The van der Waals surface area contributed by atoms with Crippen molar-refractivity contribution in [2.45, 2.75) is 316 Å². The van der Waals surface area contributed by atoms with Crippen molar-refractivity contribution in [3.63, 3.8) is 0 Å². The molecule has 0 radical (unpaired) electrons. The summed E-state index contributed by atoms with van der Waals surface area (Å²) in [7, 11) is -10.0. The second-order valence-corrected chi connectivity index (χ2v) is 29.1. The average molecular weight is 1520 g/mol. The molecule has 106 heavy (non-hydrogen) atoms. The molecule has 17 nitrogen and oxygen atoms in total. The molecule has 0 saturated heterocycles. The van der Waals surface area contributed by atoms with Gasteiger partial charge >= 0.3 is 39.5 Å². The van der Waals surface area contributed by atoms with E-state index in [0.717, 1.165) is 167 Å². The monoisotopic (exact) mass is 1520 g/mol. The number of hydrogen-bond acceptors (Lipinski definition) is 15. The lowest BCUT2D eigenvalue weighted by Gasteiger charge is -2.21. The van der Waals surface area contributed by atoms with E-state index < -0.39 is 97.5 Å². The Kier molecular flexibility index (Phi) is 73.5. The van der Waals surface area contributed by atoms with Gasteiger partial charge in [-0.3, -0.25) is 37.3 Å². The third-order valence-corrected chi connectivity index (χ3v) is 18.1. The van der Waals surface area contributed by atoms with Crippen molar-refractivity contribution in [3.8, 4) is 0 Å². The Bertz CT molecular complexity index is 2680. The second kappa shape index (κ2) is 77.6. The maximum Gasteiger partial charge on any atom is 0.472 e. The van der Waals surface area contributed by atoms with Gasteiger partial charge in [0.05, 0.1) is 26.4 Å². The van der Waals surface area contributed by atoms with Gasteiger partial charge in [0.1, 0.15) is 19.3 Å². The van der Waals surface area contributed by atoms with Crippen LogP contribution in [0.4, 0.5) is 0 Å². The highest BCUT2D eigenvalue weighted by Gasteiger charge is 2.30. The van der Waals surface area contributed by atoms with Crippen LogP contribution in [0.15, 0.2) is 170 Å². The molecule has 0 bridgehead atoms. The first-order chi connectivity index (χ1) is 51.7. The van der Waals surface area contributed by atoms with E-state index in [1.165, 1.54) is 38.5 Å². The minimum absolute atomic E-state index is 0.0319. The fraction of sp³-hybridized carbons (Fsp3) is 0.632. The van der Waals surface area contributed by atoms with E-state index in [-0.39, 0.29) is 25.7 Å². The van der Waals surface area contributed by atoms with Crippen LogP contribution in [0.2, 0.25) is 0 Å². The van der Waals surface area contributed by atoms with E-state index in [2.05, 4.69) is 186 Å². The van der Waals surface area contributed by atoms with Crippen molar-refractivity contribution in [1.82, 2.24) is 0 Å².